The van der Waals surface area contributed by atoms with E-state index in [4.69, 9.17) is 10.3 Å². The van der Waals surface area contributed by atoms with Gasteiger partial charge in [0.05, 0.1) is 0 Å². The minimum absolute atomic E-state index is 0.0608. The van der Waals surface area contributed by atoms with Crippen LogP contribution in [0, 0.1) is 6.92 Å². The van der Waals surface area contributed by atoms with Gasteiger partial charge >= 0.3 is 0 Å². The Hall–Kier alpha value is -1.36. The highest BCUT2D eigenvalue weighted by atomic mass is 16.5. The van der Waals surface area contributed by atoms with Crippen LogP contribution < -0.4 is 11.1 Å². The molecule has 3 N–H and O–H groups in total. The van der Waals surface area contributed by atoms with E-state index in [-0.39, 0.29) is 18.0 Å². The van der Waals surface area contributed by atoms with E-state index >= 15 is 0 Å². The summed E-state index contributed by atoms with van der Waals surface area (Å²) in [4.78, 5) is 11.8. The molecule has 16 heavy (non-hydrogen) atoms. The van der Waals surface area contributed by atoms with Gasteiger partial charge in [0.1, 0.15) is 5.76 Å². The first-order valence-electron chi connectivity index (χ1n) is 5.66. The van der Waals surface area contributed by atoms with Crippen LogP contribution >= 0.6 is 0 Å². The number of nitrogens with two attached hydrogens (primary N) is 1. The maximum absolute atomic E-state index is 11.8. The number of carbonyl (C=O) groups excluding carboxylic acids is 1. The van der Waals surface area contributed by atoms with E-state index < -0.39 is 0 Å². The van der Waals surface area contributed by atoms with E-state index in [1.54, 1.807) is 13.0 Å². The average Bonchev–Trinajstić information content (AvgIpc) is 2.68. The van der Waals surface area contributed by atoms with Crippen molar-refractivity contribution in [3.63, 3.8) is 0 Å². The highest BCUT2D eigenvalue weighted by Crippen LogP contribution is 2.17. The molecule has 5 heteroatoms. The molecule has 1 aromatic heterocycles. The molecule has 1 fully saturated rings. The van der Waals surface area contributed by atoms with Gasteiger partial charge in [0.15, 0.2) is 5.69 Å². The molecule has 0 aromatic carbocycles. The van der Waals surface area contributed by atoms with E-state index in [2.05, 4.69) is 10.5 Å². The fraction of sp³-hybridized carbons (Fsp3) is 0.636. The predicted molar refractivity (Wildman–Crippen MR) is 58.9 cm³/mol. The minimum Gasteiger partial charge on any atom is -0.361 e. The number of rotatable bonds is 2. The van der Waals surface area contributed by atoms with Crippen molar-refractivity contribution < 1.29 is 9.32 Å². The van der Waals surface area contributed by atoms with Crippen molar-refractivity contribution in [3.05, 3.63) is 17.5 Å². The molecule has 0 spiro atoms. The van der Waals surface area contributed by atoms with Crippen molar-refractivity contribution in [2.24, 2.45) is 5.73 Å². The topological polar surface area (TPSA) is 81.2 Å². The Bertz CT molecular complexity index is 375. The van der Waals surface area contributed by atoms with Crippen LogP contribution in [0.3, 0.4) is 0 Å². The summed E-state index contributed by atoms with van der Waals surface area (Å²) in [6.07, 6.45) is 4.19. The summed E-state index contributed by atoms with van der Waals surface area (Å²) >= 11 is 0. The van der Waals surface area contributed by atoms with Crippen LogP contribution in [-0.4, -0.2) is 23.1 Å². The van der Waals surface area contributed by atoms with E-state index in [1.807, 2.05) is 0 Å². The summed E-state index contributed by atoms with van der Waals surface area (Å²) in [5.74, 6) is 0.442. The second-order valence-electron chi connectivity index (χ2n) is 4.35. The number of hydrogen-bond donors (Lipinski definition) is 2. The number of nitrogens with zero attached hydrogens (tertiary/aromatic N) is 1. The molecule has 88 valence electrons. The zero-order chi connectivity index (χ0) is 11.5. The van der Waals surface area contributed by atoms with Gasteiger partial charge in [-0.25, -0.2) is 0 Å². The summed E-state index contributed by atoms with van der Waals surface area (Å²) in [6, 6.07) is 1.76. The Morgan fingerprint density at radius 1 is 1.56 bits per heavy atom. The number of amides is 1. The van der Waals surface area contributed by atoms with Crippen LogP contribution in [-0.2, 0) is 0 Å². The predicted octanol–water partition coefficient (Wildman–Crippen LogP) is 0.983. The van der Waals surface area contributed by atoms with Gasteiger partial charge in [-0.3, -0.25) is 4.79 Å². The summed E-state index contributed by atoms with van der Waals surface area (Å²) in [5.41, 5.74) is 6.28. The highest BCUT2D eigenvalue weighted by Gasteiger charge is 2.24. The van der Waals surface area contributed by atoms with E-state index in [0.29, 0.717) is 11.5 Å². The highest BCUT2D eigenvalue weighted by molar-refractivity contribution is 5.92. The minimum atomic E-state index is -0.195. The van der Waals surface area contributed by atoms with Crippen molar-refractivity contribution in [2.45, 2.75) is 44.7 Å². The molecular weight excluding hydrogens is 206 g/mol. The molecule has 1 aromatic rings. The Balaban J connectivity index is 1.96. The molecule has 5 nitrogen and oxygen atoms in total. The molecular formula is C11H17N3O2. The molecule has 2 unspecified atom stereocenters. The van der Waals surface area contributed by atoms with Crippen LogP contribution in [0.25, 0.3) is 0 Å². The van der Waals surface area contributed by atoms with Crippen molar-refractivity contribution >= 4 is 5.91 Å². The van der Waals surface area contributed by atoms with Gasteiger partial charge in [0.2, 0.25) is 0 Å². The molecule has 0 bridgehead atoms. The Morgan fingerprint density at radius 3 is 2.94 bits per heavy atom. The van der Waals surface area contributed by atoms with Gasteiger partial charge in [0.25, 0.3) is 5.91 Å². The Labute approximate surface area is 94.4 Å². The number of nitrogens with one attached hydrogen (secondary N) is 1. The normalized spacial score (nSPS) is 25.4. The van der Waals surface area contributed by atoms with Crippen molar-refractivity contribution in [2.75, 3.05) is 0 Å². The number of aryl methyl sites for hydroxylation is 1. The average molecular weight is 223 g/mol. The zero-order valence-corrected chi connectivity index (χ0v) is 9.40. The third-order valence-electron chi connectivity index (χ3n) is 3.00. The summed E-state index contributed by atoms with van der Waals surface area (Å²) in [5, 5.41) is 6.59. The molecule has 2 atom stereocenters. The fourth-order valence-electron chi connectivity index (χ4n) is 2.05. The SMILES string of the molecule is Cc1cc(C(=O)NC2CCCCC2N)no1. The molecule has 1 saturated carbocycles. The largest absolute Gasteiger partial charge is 0.361 e. The van der Waals surface area contributed by atoms with E-state index in [9.17, 15) is 4.79 Å². The Morgan fingerprint density at radius 2 is 2.31 bits per heavy atom. The zero-order valence-electron chi connectivity index (χ0n) is 9.40. The molecule has 2 rings (SSSR count). The van der Waals surface area contributed by atoms with Gasteiger partial charge in [-0.05, 0) is 19.8 Å². The Kier molecular flexibility index (Phi) is 3.24. The molecule has 1 amide bonds. The lowest BCUT2D eigenvalue weighted by Gasteiger charge is -2.28. The monoisotopic (exact) mass is 223 g/mol. The van der Waals surface area contributed by atoms with Gasteiger partial charge in [0, 0.05) is 18.2 Å². The van der Waals surface area contributed by atoms with Crippen LogP contribution in [0.2, 0.25) is 0 Å². The van der Waals surface area contributed by atoms with Crippen molar-refractivity contribution in [1.29, 1.82) is 0 Å². The third kappa shape index (κ3) is 2.41. The maximum atomic E-state index is 11.8. The van der Waals surface area contributed by atoms with Gasteiger partial charge in [-0.15, -0.1) is 0 Å². The van der Waals surface area contributed by atoms with Crippen LogP contribution in [0.4, 0.5) is 0 Å². The molecule has 0 radical (unpaired) electrons. The van der Waals surface area contributed by atoms with Crippen molar-refractivity contribution in [1.82, 2.24) is 10.5 Å². The second kappa shape index (κ2) is 4.65. The molecule has 1 aliphatic rings. The van der Waals surface area contributed by atoms with Gasteiger partial charge in [-0.2, -0.15) is 0 Å². The van der Waals surface area contributed by atoms with Crippen molar-refractivity contribution in [3.8, 4) is 0 Å². The maximum Gasteiger partial charge on any atom is 0.273 e. The fourth-order valence-corrected chi connectivity index (χ4v) is 2.05. The lowest BCUT2D eigenvalue weighted by molar-refractivity contribution is 0.0912. The van der Waals surface area contributed by atoms with E-state index in [1.165, 1.54) is 0 Å². The number of carbonyl (C=O) groups is 1. The van der Waals surface area contributed by atoms with Crippen LogP contribution in [0.15, 0.2) is 10.6 Å². The summed E-state index contributed by atoms with van der Waals surface area (Å²) in [6.45, 7) is 1.76. The van der Waals surface area contributed by atoms with Gasteiger partial charge < -0.3 is 15.6 Å². The standard InChI is InChI=1S/C11H17N3O2/c1-7-6-10(14-16-7)11(15)13-9-5-3-2-4-8(9)12/h6,8-9H,2-5,12H2,1H3,(H,13,15). The first kappa shape index (κ1) is 11.1. The third-order valence-corrected chi connectivity index (χ3v) is 3.00. The first-order valence-corrected chi connectivity index (χ1v) is 5.66. The molecule has 1 heterocycles. The number of aromatic nitrogens is 1. The lowest BCUT2D eigenvalue weighted by Crippen LogP contribution is -2.49. The molecule has 1 aliphatic carbocycles. The second-order valence-corrected chi connectivity index (χ2v) is 4.35. The van der Waals surface area contributed by atoms with E-state index in [0.717, 1.165) is 25.7 Å². The molecule has 0 saturated heterocycles. The van der Waals surface area contributed by atoms with Gasteiger partial charge in [-0.1, -0.05) is 18.0 Å². The summed E-state index contributed by atoms with van der Waals surface area (Å²) in [7, 11) is 0. The first-order chi connectivity index (χ1) is 7.66. The lowest BCUT2D eigenvalue weighted by atomic mass is 9.91. The summed E-state index contributed by atoms with van der Waals surface area (Å²) < 4.78 is 4.86. The number of hydrogen-bond acceptors (Lipinski definition) is 4. The quantitative estimate of drug-likeness (QED) is 0.783. The van der Waals surface area contributed by atoms with Crippen LogP contribution in [0.5, 0.6) is 0 Å². The molecule has 0 aliphatic heterocycles. The smallest absolute Gasteiger partial charge is 0.273 e. The van der Waals surface area contributed by atoms with Crippen LogP contribution in [0.1, 0.15) is 41.9 Å².